The summed E-state index contributed by atoms with van der Waals surface area (Å²) in [5.74, 6) is -1.29. The molecule has 0 aliphatic heterocycles. The number of aliphatic hydroxyl groups excluding tert-OH is 1. The van der Waals surface area contributed by atoms with Crippen LogP contribution >= 0.6 is 0 Å². The molecule has 0 bridgehead atoms. The molecule has 1 atom stereocenters. The monoisotopic (exact) mass is 156 g/mol. The maximum atomic E-state index is 9.97. The average Bonchev–Trinajstić information content (AvgIpc) is 1.82. The molecule has 0 aliphatic rings. The van der Waals surface area contributed by atoms with E-state index in [0.717, 1.165) is 0 Å². The first-order valence-electron chi connectivity index (χ1n) is 2.57. The molecule has 0 saturated heterocycles. The van der Waals surface area contributed by atoms with E-state index in [-0.39, 0.29) is 42.6 Å². The normalized spacial score (nSPS) is 11.8. The smallest absolute Gasteiger partial charge is 0.547 e. The largest absolute Gasteiger partial charge is 1.00 e. The van der Waals surface area contributed by atoms with E-state index in [4.69, 9.17) is 5.11 Å². The van der Waals surface area contributed by atoms with E-state index in [0.29, 0.717) is 0 Å². The van der Waals surface area contributed by atoms with Crippen molar-refractivity contribution in [2.75, 3.05) is 13.7 Å². The number of aliphatic carboxylic acids is 1. The van der Waals surface area contributed by atoms with Crippen molar-refractivity contribution in [1.82, 2.24) is 0 Å². The number of hydrogen-bond donors (Lipinski definition) is 1. The molecule has 54 valence electrons. The molecule has 4 nitrogen and oxygen atoms in total. The Balaban J connectivity index is 0. The summed E-state index contributed by atoms with van der Waals surface area (Å²) in [5, 5.41) is 18.2. The molecule has 10 heavy (non-hydrogen) atoms. The van der Waals surface area contributed by atoms with E-state index in [1.165, 1.54) is 7.11 Å². The van der Waals surface area contributed by atoms with Crippen molar-refractivity contribution >= 4 is 5.97 Å². The molecule has 0 fully saturated rings. The fourth-order valence-electron chi connectivity index (χ4n) is 0.449. The van der Waals surface area contributed by atoms with Gasteiger partial charge in [0, 0.05) is 20.1 Å². The Bertz CT molecular complexity index is 95.6. The summed E-state index contributed by atoms with van der Waals surface area (Å²) in [5.41, 5.74) is 0. The first-order chi connectivity index (χ1) is 4.22. The Morgan fingerprint density at radius 3 is 2.40 bits per heavy atom. The van der Waals surface area contributed by atoms with Gasteiger partial charge in [-0.25, -0.2) is 0 Å². The number of carboxylic acid groups (broad SMARTS) is 1. The molecule has 1 unspecified atom stereocenters. The van der Waals surface area contributed by atoms with Gasteiger partial charge in [0.2, 0.25) is 0 Å². The number of carbonyl (C=O) groups is 1. The number of ether oxygens (including phenoxy) is 1. The van der Waals surface area contributed by atoms with Crippen molar-refractivity contribution in [2.24, 2.45) is 0 Å². The zero-order chi connectivity index (χ0) is 7.28. The quantitative estimate of drug-likeness (QED) is 0.414. The Hall–Kier alpha value is 0.390. The van der Waals surface area contributed by atoms with Crippen LogP contribution in [0.25, 0.3) is 0 Å². The van der Waals surface area contributed by atoms with Crippen LogP contribution in [0.3, 0.4) is 0 Å². The second-order valence-corrected chi connectivity index (χ2v) is 1.56. The summed E-state index contributed by atoms with van der Waals surface area (Å²) in [6.07, 6.45) is -0.895. The second kappa shape index (κ2) is 7.50. The van der Waals surface area contributed by atoms with Crippen molar-refractivity contribution in [1.29, 1.82) is 0 Å². The van der Waals surface area contributed by atoms with Gasteiger partial charge in [0.1, 0.15) is 0 Å². The van der Waals surface area contributed by atoms with Gasteiger partial charge < -0.3 is 19.7 Å². The van der Waals surface area contributed by atoms with Gasteiger partial charge >= 0.3 is 29.6 Å². The van der Waals surface area contributed by atoms with Crippen LogP contribution in [0.1, 0.15) is 6.42 Å². The first kappa shape index (κ1) is 13.0. The third-order valence-corrected chi connectivity index (χ3v) is 0.939. The van der Waals surface area contributed by atoms with E-state index in [9.17, 15) is 9.90 Å². The Kier molecular flexibility index (Phi) is 9.76. The number of hydrogen-bond acceptors (Lipinski definition) is 4. The summed E-state index contributed by atoms with van der Waals surface area (Å²) >= 11 is 0. The molecule has 0 aliphatic carbocycles. The SMILES string of the molecule is COC(CCO)C(=O)[O-].[Na+]. The summed E-state index contributed by atoms with van der Waals surface area (Å²) < 4.78 is 4.43. The number of carboxylic acids is 1. The second-order valence-electron chi connectivity index (χ2n) is 1.56. The van der Waals surface area contributed by atoms with Crippen LogP contribution in [0.15, 0.2) is 0 Å². The topological polar surface area (TPSA) is 69.6 Å². The van der Waals surface area contributed by atoms with Gasteiger partial charge in [-0.1, -0.05) is 0 Å². The molecule has 0 aromatic rings. The van der Waals surface area contributed by atoms with Crippen molar-refractivity contribution in [3.8, 4) is 0 Å². The van der Waals surface area contributed by atoms with Crippen LogP contribution in [0, 0.1) is 0 Å². The van der Waals surface area contributed by atoms with Crippen LogP contribution in [0.2, 0.25) is 0 Å². The van der Waals surface area contributed by atoms with Crippen molar-refractivity contribution in [3.63, 3.8) is 0 Å². The molecule has 0 amide bonds. The van der Waals surface area contributed by atoms with Crippen molar-refractivity contribution in [2.45, 2.75) is 12.5 Å². The zero-order valence-corrected chi connectivity index (χ0v) is 8.16. The van der Waals surface area contributed by atoms with Gasteiger partial charge in [-0.2, -0.15) is 0 Å². The van der Waals surface area contributed by atoms with Crippen LogP contribution < -0.4 is 34.7 Å². The van der Waals surface area contributed by atoms with Crippen LogP contribution in [-0.4, -0.2) is 30.9 Å². The van der Waals surface area contributed by atoms with E-state index < -0.39 is 12.1 Å². The Labute approximate surface area is 81.5 Å². The van der Waals surface area contributed by atoms with E-state index in [2.05, 4.69) is 4.74 Å². The minimum atomic E-state index is -1.29. The number of carbonyl (C=O) groups excluding carboxylic acids is 1. The molecule has 1 N–H and O–H groups in total. The van der Waals surface area contributed by atoms with E-state index in [1.54, 1.807) is 0 Å². The molecule has 0 spiro atoms. The minimum Gasteiger partial charge on any atom is -0.547 e. The summed E-state index contributed by atoms with van der Waals surface area (Å²) in [6, 6.07) is 0. The summed E-state index contributed by atoms with van der Waals surface area (Å²) in [7, 11) is 1.26. The minimum absolute atomic E-state index is 0. The first-order valence-corrected chi connectivity index (χ1v) is 2.57. The Morgan fingerprint density at radius 2 is 2.30 bits per heavy atom. The third-order valence-electron chi connectivity index (χ3n) is 0.939. The fourth-order valence-corrected chi connectivity index (χ4v) is 0.449. The van der Waals surface area contributed by atoms with Crippen molar-refractivity contribution in [3.05, 3.63) is 0 Å². The van der Waals surface area contributed by atoms with Crippen LogP contribution in [0.4, 0.5) is 0 Å². The molecule has 0 heterocycles. The van der Waals surface area contributed by atoms with Gasteiger partial charge in [-0.15, -0.1) is 0 Å². The number of rotatable bonds is 4. The molecular weight excluding hydrogens is 147 g/mol. The van der Waals surface area contributed by atoms with E-state index in [1.807, 2.05) is 0 Å². The predicted molar refractivity (Wildman–Crippen MR) is 27.5 cm³/mol. The fraction of sp³-hybridized carbons (Fsp3) is 0.800. The van der Waals surface area contributed by atoms with Gasteiger partial charge in [-0.05, 0) is 0 Å². The van der Waals surface area contributed by atoms with Gasteiger partial charge in [0.15, 0.2) is 0 Å². The van der Waals surface area contributed by atoms with Gasteiger partial charge in [-0.3, -0.25) is 0 Å². The molecule has 0 rings (SSSR count). The standard InChI is InChI=1S/C5H10O4.Na/c1-9-4(2-3-6)5(7)8;/h4,6H,2-3H2,1H3,(H,7,8);/q;+1/p-1. The van der Waals surface area contributed by atoms with Gasteiger partial charge in [0.25, 0.3) is 0 Å². The van der Waals surface area contributed by atoms with Crippen LogP contribution in [-0.2, 0) is 9.53 Å². The maximum Gasteiger partial charge on any atom is 1.00 e. The average molecular weight is 156 g/mol. The predicted octanol–water partition coefficient (Wildman–Crippen LogP) is -4.86. The van der Waals surface area contributed by atoms with Crippen molar-refractivity contribution < 1.29 is 49.3 Å². The van der Waals surface area contributed by atoms with E-state index >= 15 is 0 Å². The molecule has 0 aromatic heterocycles. The molecule has 0 aromatic carbocycles. The zero-order valence-electron chi connectivity index (χ0n) is 6.16. The van der Waals surface area contributed by atoms with Gasteiger partial charge in [0.05, 0.1) is 12.1 Å². The third kappa shape index (κ3) is 5.20. The summed E-state index contributed by atoms with van der Waals surface area (Å²) in [6.45, 7) is -0.202. The summed E-state index contributed by atoms with van der Waals surface area (Å²) in [4.78, 5) is 9.97. The number of methoxy groups -OCH3 is 1. The molecule has 0 saturated carbocycles. The van der Waals surface area contributed by atoms with Crippen LogP contribution in [0.5, 0.6) is 0 Å². The molecule has 5 heteroatoms. The Morgan fingerprint density at radius 1 is 1.80 bits per heavy atom. The maximum absolute atomic E-state index is 9.97. The molecule has 0 radical (unpaired) electrons. The molecular formula is C5H9NaO4. The number of aliphatic hydroxyl groups is 1.